The molecule has 0 spiro atoms. The molecule has 2 nitrogen and oxygen atoms in total. The monoisotopic (exact) mass is 217 g/mol. The Kier molecular flexibility index (Phi) is 3.06. The molecule has 3 saturated carbocycles. The van der Waals surface area contributed by atoms with Crippen LogP contribution in [0.3, 0.4) is 0 Å². The summed E-state index contributed by atoms with van der Waals surface area (Å²) in [5.74, 6) is 4.28. The van der Waals surface area contributed by atoms with Crippen LogP contribution >= 0.6 is 12.4 Å². The van der Waals surface area contributed by atoms with Crippen molar-refractivity contribution in [2.24, 2.45) is 29.6 Å². The molecule has 0 aromatic rings. The van der Waals surface area contributed by atoms with Gasteiger partial charge in [-0.3, -0.25) is 0 Å². The molecule has 4 fully saturated rings. The van der Waals surface area contributed by atoms with Crippen LogP contribution in [-0.2, 0) is 0 Å². The summed E-state index contributed by atoms with van der Waals surface area (Å²) in [7, 11) is 0. The highest BCUT2D eigenvalue weighted by Crippen LogP contribution is 2.52. The van der Waals surface area contributed by atoms with Crippen LogP contribution in [0.25, 0.3) is 0 Å². The highest BCUT2D eigenvalue weighted by Gasteiger charge is 2.49. The van der Waals surface area contributed by atoms with Crippen molar-refractivity contribution in [2.75, 3.05) is 19.7 Å². The fourth-order valence-electron chi connectivity index (χ4n) is 4.19. The van der Waals surface area contributed by atoms with Gasteiger partial charge in [-0.15, -0.1) is 12.4 Å². The minimum absolute atomic E-state index is 0. The Morgan fingerprint density at radius 2 is 1.86 bits per heavy atom. The van der Waals surface area contributed by atoms with Crippen LogP contribution < -0.4 is 5.32 Å². The van der Waals surface area contributed by atoms with E-state index in [2.05, 4.69) is 5.32 Å². The first-order chi connectivity index (χ1) is 6.40. The van der Waals surface area contributed by atoms with Crippen molar-refractivity contribution < 1.29 is 5.11 Å². The zero-order chi connectivity index (χ0) is 8.84. The number of rotatable bonds is 1. The topological polar surface area (TPSA) is 32.3 Å². The molecule has 1 saturated heterocycles. The number of nitrogens with one attached hydrogen (secondary N) is 1. The highest BCUT2D eigenvalue weighted by atomic mass is 35.5. The lowest BCUT2D eigenvalue weighted by Gasteiger charge is -2.49. The Hall–Kier alpha value is 0.210. The van der Waals surface area contributed by atoms with E-state index in [1.807, 2.05) is 0 Å². The van der Waals surface area contributed by atoms with E-state index in [0.717, 1.165) is 23.7 Å². The van der Waals surface area contributed by atoms with E-state index < -0.39 is 0 Å². The first-order valence-electron chi connectivity index (χ1n) is 5.71. The Bertz CT molecular complexity index is 211. The van der Waals surface area contributed by atoms with Crippen LogP contribution in [0.1, 0.15) is 19.3 Å². The average Bonchev–Trinajstić information content (AvgIpc) is 2.68. The normalized spacial score (nSPS) is 49.9. The third-order valence-corrected chi connectivity index (χ3v) is 4.78. The van der Waals surface area contributed by atoms with Gasteiger partial charge in [0.2, 0.25) is 0 Å². The molecule has 2 N–H and O–H groups in total. The molecule has 14 heavy (non-hydrogen) atoms. The summed E-state index contributed by atoms with van der Waals surface area (Å²) >= 11 is 0. The standard InChI is InChI=1S/C11H19NO.ClH/c13-6-8-3-7-1-2-9(8)11-5-12-4-10(7)11;/h7-13H,1-6H2;1H. The van der Waals surface area contributed by atoms with Crippen molar-refractivity contribution in [1.29, 1.82) is 0 Å². The molecule has 4 aliphatic rings. The maximum Gasteiger partial charge on any atom is 0.0462 e. The van der Waals surface area contributed by atoms with Gasteiger partial charge in [-0.05, 0) is 61.9 Å². The maximum atomic E-state index is 9.31. The quantitative estimate of drug-likeness (QED) is 0.694. The molecule has 3 heteroatoms. The molecule has 5 atom stereocenters. The van der Waals surface area contributed by atoms with Crippen molar-refractivity contribution in [3.05, 3.63) is 0 Å². The van der Waals surface area contributed by atoms with Gasteiger partial charge in [0.25, 0.3) is 0 Å². The second kappa shape index (κ2) is 3.99. The van der Waals surface area contributed by atoms with Gasteiger partial charge in [-0.25, -0.2) is 0 Å². The smallest absolute Gasteiger partial charge is 0.0462 e. The molecule has 82 valence electrons. The molecule has 5 unspecified atom stereocenters. The second-order valence-corrected chi connectivity index (χ2v) is 5.17. The van der Waals surface area contributed by atoms with E-state index in [1.54, 1.807) is 0 Å². The van der Waals surface area contributed by atoms with Crippen LogP contribution in [0, 0.1) is 29.6 Å². The summed E-state index contributed by atoms with van der Waals surface area (Å²) < 4.78 is 0. The molecule has 2 bridgehead atoms. The van der Waals surface area contributed by atoms with Crippen molar-refractivity contribution in [1.82, 2.24) is 5.32 Å². The van der Waals surface area contributed by atoms with Crippen molar-refractivity contribution >= 4 is 12.4 Å². The predicted octanol–water partition coefficient (Wildman–Crippen LogP) is 1.28. The zero-order valence-corrected chi connectivity index (χ0v) is 9.30. The Balaban J connectivity index is 0.000000750. The third kappa shape index (κ3) is 1.39. The number of hydrogen-bond acceptors (Lipinski definition) is 2. The first-order valence-corrected chi connectivity index (χ1v) is 5.71. The van der Waals surface area contributed by atoms with Crippen molar-refractivity contribution in [2.45, 2.75) is 19.3 Å². The molecule has 0 aromatic heterocycles. The molecule has 1 heterocycles. The second-order valence-electron chi connectivity index (χ2n) is 5.17. The molecule has 1 aliphatic heterocycles. The molecule has 4 rings (SSSR count). The lowest BCUT2D eigenvalue weighted by atomic mass is 9.56. The van der Waals surface area contributed by atoms with Gasteiger partial charge < -0.3 is 10.4 Å². The van der Waals surface area contributed by atoms with E-state index in [4.69, 9.17) is 0 Å². The first kappa shape index (κ1) is 10.7. The SMILES string of the molecule is Cl.OCC1CC2CCC1C1CNCC21. The summed E-state index contributed by atoms with van der Waals surface area (Å²) in [6.45, 7) is 2.91. The van der Waals surface area contributed by atoms with E-state index in [-0.39, 0.29) is 12.4 Å². The van der Waals surface area contributed by atoms with E-state index in [0.29, 0.717) is 12.5 Å². The van der Waals surface area contributed by atoms with Crippen molar-refractivity contribution in [3.63, 3.8) is 0 Å². The van der Waals surface area contributed by atoms with Crippen LogP contribution in [0.2, 0.25) is 0 Å². The highest BCUT2D eigenvalue weighted by molar-refractivity contribution is 5.85. The van der Waals surface area contributed by atoms with Gasteiger partial charge in [0.1, 0.15) is 0 Å². The molecular formula is C11H20ClNO. The van der Waals surface area contributed by atoms with E-state index in [9.17, 15) is 5.11 Å². The van der Waals surface area contributed by atoms with Gasteiger partial charge in [0, 0.05) is 6.61 Å². The Morgan fingerprint density at radius 3 is 2.64 bits per heavy atom. The minimum Gasteiger partial charge on any atom is -0.396 e. The summed E-state index contributed by atoms with van der Waals surface area (Å²) in [6.07, 6.45) is 4.13. The lowest BCUT2D eigenvalue weighted by molar-refractivity contribution is -0.0205. The number of halogens is 1. The fraction of sp³-hybridized carbons (Fsp3) is 1.00. The number of aliphatic hydroxyl groups is 1. The maximum absolute atomic E-state index is 9.31. The van der Waals surface area contributed by atoms with Gasteiger partial charge in [-0.2, -0.15) is 0 Å². The van der Waals surface area contributed by atoms with E-state index in [1.165, 1.54) is 32.4 Å². The Labute approximate surface area is 91.9 Å². The molecular weight excluding hydrogens is 198 g/mol. The fourth-order valence-corrected chi connectivity index (χ4v) is 4.19. The third-order valence-electron chi connectivity index (χ3n) is 4.78. The van der Waals surface area contributed by atoms with Gasteiger partial charge in [0.05, 0.1) is 0 Å². The zero-order valence-electron chi connectivity index (χ0n) is 8.48. The Morgan fingerprint density at radius 1 is 1.07 bits per heavy atom. The van der Waals surface area contributed by atoms with E-state index >= 15 is 0 Å². The molecule has 0 amide bonds. The average molecular weight is 218 g/mol. The van der Waals surface area contributed by atoms with Crippen LogP contribution in [-0.4, -0.2) is 24.8 Å². The number of fused-ring (bicyclic) bond motifs is 2. The largest absolute Gasteiger partial charge is 0.396 e. The van der Waals surface area contributed by atoms with Gasteiger partial charge >= 0.3 is 0 Å². The minimum atomic E-state index is 0. The summed E-state index contributed by atoms with van der Waals surface area (Å²) in [5.41, 5.74) is 0. The molecule has 0 aromatic carbocycles. The van der Waals surface area contributed by atoms with Gasteiger partial charge in [-0.1, -0.05) is 0 Å². The van der Waals surface area contributed by atoms with Gasteiger partial charge in [0.15, 0.2) is 0 Å². The molecule has 0 radical (unpaired) electrons. The van der Waals surface area contributed by atoms with Crippen molar-refractivity contribution in [3.8, 4) is 0 Å². The number of hydrogen-bond donors (Lipinski definition) is 2. The predicted molar refractivity (Wildman–Crippen MR) is 58.5 cm³/mol. The van der Waals surface area contributed by atoms with Crippen LogP contribution in [0.15, 0.2) is 0 Å². The molecule has 3 aliphatic carbocycles. The summed E-state index contributed by atoms with van der Waals surface area (Å²) in [6, 6.07) is 0. The van der Waals surface area contributed by atoms with Crippen LogP contribution in [0.4, 0.5) is 0 Å². The summed E-state index contributed by atoms with van der Waals surface area (Å²) in [4.78, 5) is 0. The number of aliphatic hydroxyl groups excluding tert-OH is 1. The summed E-state index contributed by atoms with van der Waals surface area (Å²) in [5, 5.41) is 12.8. The van der Waals surface area contributed by atoms with Crippen LogP contribution in [0.5, 0.6) is 0 Å². The lowest BCUT2D eigenvalue weighted by Crippen LogP contribution is -2.45.